The van der Waals surface area contributed by atoms with E-state index >= 15 is 0 Å². The van der Waals surface area contributed by atoms with Gasteiger partial charge in [-0.3, -0.25) is 0 Å². The van der Waals surface area contributed by atoms with E-state index in [0.29, 0.717) is 0 Å². The number of rotatable bonds is 5. The molecule has 15 heavy (non-hydrogen) atoms. The first-order valence-corrected chi connectivity index (χ1v) is 6.43. The molecule has 0 unspecified atom stereocenters. The van der Waals surface area contributed by atoms with Crippen LogP contribution in [0.1, 0.15) is 0 Å². The van der Waals surface area contributed by atoms with E-state index < -0.39 is 0 Å². The van der Waals surface area contributed by atoms with Gasteiger partial charge in [0, 0.05) is 36.3 Å². The third kappa shape index (κ3) is 3.23. The highest BCUT2D eigenvalue weighted by molar-refractivity contribution is 7.99. The number of likely N-dealkylation sites (N-methyl/N-ethyl adjacent to an activating group) is 1. The number of nitrogens with zero attached hydrogens (tertiary/aromatic N) is 1. The van der Waals surface area contributed by atoms with Gasteiger partial charge in [-0.05, 0) is 19.2 Å². The molecule has 2 rings (SSSR count). The molecule has 0 amide bonds. The molecule has 0 radical (unpaired) electrons. The Morgan fingerprint density at radius 2 is 2.07 bits per heavy atom. The predicted molar refractivity (Wildman–Crippen MR) is 66.5 cm³/mol. The number of hydrogen-bond acceptors (Lipinski definition) is 3. The lowest BCUT2D eigenvalue weighted by molar-refractivity contribution is 0.190. The average molecular weight is 222 g/mol. The fourth-order valence-electron chi connectivity index (χ4n) is 1.59. The molecule has 82 valence electrons. The highest BCUT2D eigenvalue weighted by Crippen LogP contribution is 2.17. The van der Waals surface area contributed by atoms with Crippen LogP contribution in [0, 0.1) is 0 Å². The van der Waals surface area contributed by atoms with Crippen molar-refractivity contribution >= 4 is 11.8 Å². The van der Waals surface area contributed by atoms with E-state index in [4.69, 9.17) is 0 Å². The molecule has 1 saturated heterocycles. The summed E-state index contributed by atoms with van der Waals surface area (Å²) in [6.07, 6.45) is 0. The summed E-state index contributed by atoms with van der Waals surface area (Å²) >= 11 is 1.94. The lowest BCUT2D eigenvalue weighted by atomic mass is 10.1. The molecule has 1 aromatic rings. The lowest BCUT2D eigenvalue weighted by Crippen LogP contribution is -2.56. The van der Waals surface area contributed by atoms with Gasteiger partial charge in [0.05, 0.1) is 0 Å². The molecule has 0 saturated carbocycles. The van der Waals surface area contributed by atoms with E-state index in [1.54, 1.807) is 0 Å². The van der Waals surface area contributed by atoms with E-state index in [2.05, 4.69) is 47.6 Å². The molecule has 3 heteroatoms. The largest absolute Gasteiger partial charge is 0.314 e. The van der Waals surface area contributed by atoms with Gasteiger partial charge in [-0.2, -0.15) is 0 Å². The first kappa shape index (κ1) is 11.0. The fourth-order valence-corrected chi connectivity index (χ4v) is 2.56. The zero-order valence-corrected chi connectivity index (χ0v) is 9.96. The molecule has 0 atom stereocenters. The van der Waals surface area contributed by atoms with Gasteiger partial charge in [-0.1, -0.05) is 18.2 Å². The minimum atomic E-state index is 0.765. The maximum absolute atomic E-state index is 3.30. The molecule has 1 aliphatic rings. The Balaban J connectivity index is 1.66. The van der Waals surface area contributed by atoms with Crippen LogP contribution >= 0.6 is 11.8 Å². The molecule has 0 spiro atoms. The molecule has 1 aromatic carbocycles. The Labute approximate surface area is 96.0 Å². The zero-order valence-electron chi connectivity index (χ0n) is 9.15. The summed E-state index contributed by atoms with van der Waals surface area (Å²) in [5.74, 6) is 1.18. The third-order valence-electron chi connectivity index (χ3n) is 2.84. The Hall–Kier alpha value is -0.510. The topological polar surface area (TPSA) is 15.3 Å². The van der Waals surface area contributed by atoms with Gasteiger partial charge in [0.2, 0.25) is 0 Å². The Bertz CT molecular complexity index is 285. The molecule has 2 nitrogen and oxygen atoms in total. The Morgan fingerprint density at radius 1 is 1.33 bits per heavy atom. The summed E-state index contributed by atoms with van der Waals surface area (Å²) in [6.45, 7) is 3.49. The van der Waals surface area contributed by atoms with Crippen LogP contribution in [0.5, 0.6) is 0 Å². The highest BCUT2D eigenvalue weighted by Gasteiger charge is 2.20. The predicted octanol–water partition coefficient (Wildman–Crippen LogP) is 1.68. The quantitative estimate of drug-likeness (QED) is 0.763. The van der Waals surface area contributed by atoms with Gasteiger partial charge in [0.1, 0.15) is 0 Å². The SMILES string of the molecule is CN(CCSc1ccccc1)C1CNC1. The zero-order chi connectivity index (χ0) is 10.5. The van der Waals surface area contributed by atoms with Crippen molar-refractivity contribution in [2.75, 3.05) is 32.4 Å². The van der Waals surface area contributed by atoms with E-state index in [1.807, 2.05) is 11.8 Å². The van der Waals surface area contributed by atoms with Crippen LogP contribution in [0.4, 0.5) is 0 Å². The molecule has 1 heterocycles. The van der Waals surface area contributed by atoms with Crippen LogP contribution in [-0.4, -0.2) is 43.4 Å². The van der Waals surface area contributed by atoms with E-state index in [0.717, 1.165) is 19.1 Å². The normalized spacial score (nSPS) is 16.7. The number of nitrogens with one attached hydrogen (secondary N) is 1. The van der Waals surface area contributed by atoms with Crippen LogP contribution in [0.3, 0.4) is 0 Å². The van der Waals surface area contributed by atoms with Crippen LogP contribution in [0.25, 0.3) is 0 Å². The molecule has 1 fully saturated rings. The first-order valence-electron chi connectivity index (χ1n) is 5.45. The van der Waals surface area contributed by atoms with Crippen LogP contribution < -0.4 is 5.32 Å². The second-order valence-corrected chi connectivity index (χ2v) is 5.12. The summed E-state index contributed by atoms with van der Waals surface area (Å²) < 4.78 is 0. The van der Waals surface area contributed by atoms with Gasteiger partial charge < -0.3 is 10.2 Å². The van der Waals surface area contributed by atoms with Crippen LogP contribution in [-0.2, 0) is 0 Å². The van der Waals surface area contributed by atoms with E-state index in [-0.39, 0.29) is 0 Å². The molecular weight excluding hydrogens is 204 g/mol. The molecular formula is C12H18N2S. The van der Waals surface area contributed by atoms with Crippen molar-refractivity contribution in [1.29, 1.82) is 0 Å². The van der Waals surface area contributed by atoms with Crippen molar-refractivity contribution < 1.29 is 0 Å². The van der Waals surface area contributed by atoms with Crippen molar-refractivity contribution in [2.24, 2.45) is 0 Å². The van der Waals surface area contributed by atoms with E-state index in [9.17, 15) is 0 Å². The lowest BCUT2D eigenvalue weighted by Gasteiger charge is -2.35. The summed E-state index contributed by atoms with van der Waals surface area (Å²) in [4.78, 5) is 3.82. The third-order valence-corrected chi connectivity index (χ3v) is 3.83. The van der Waals surface area contributed by atoms with Gasteiger partial charge in [-0.25, -0.2) is 0 Å². The highest BCUT2D eigenvalue weighted by atomic mass is 32.2. The van der Waals surface area contributed by atoms with Crippen molar-refractivity contribution in [1.82, 2.24) is 10.2 Å². The maximum Gasteiger partial charge on any atom is 0.0342 e. The Kier molecular flexibility index (Phi) is 4.06. The molecule has 0 bridgehead atoms. The monoisotopic (exact) mass is 222 g/mol. The van der Waals surface area contributed by atoms with Crippen LogP contribution in [0.15, 0.2) is 35.2 Å². The smallest absolute Gasteiger partial charge is 0.0342 e. The maximum atomic E-state index is 3.30. The van der Waals surface area contributed by atoms with Crippen molar-refractivity contribution in [3.8, 4) is 0 Å². The Morgan fingerprint density at radius 3 is 2.67 bits per heavy atom. The van der Waals surface area contributed by atoms with Gasteiger partial charge in [0.15, 0.2) is 0 Å². The summed E-state index contributed by atoms with van der Waals surface area (Å²) in [6, 6.07) is 11.4. The number of hydrogen-bond donors (Lipinski definition) is 1. The molecule has 0 aliphatic carbocycles. The molecule has 0 aromatic heterocycles. The minimum Gasteiger partial charge on any atom is -0.314 e. The molecule has 1 aliphatic heterocycles. The van der Waals surface area contributed by atoms with Gasteiger partial charge >= 0.3 is 0 Å². The van der Waals surface area contributed by atoms with Crippen molar-refractivity contribution in [2.45, 2.75) is 10.9 Å². The fraction of sp³-hybridized carbons (Fsp3) is 0.500. The minimum absolute atomic E-state index is 0.765. The van der Waals surface area contributed by atoms with Gasteiger partial charge in [-0.15, -0.1) is 11.8 Å². The molecule has 1 N–H and O–H groups in total. The van der Waals surface area contributed by atoms with Crippen molar-refractivity contribution in [3.63, 3.8) is 0 Å². The second kappa shape index (κ2) is 5.54. The van der Waals surface area contributed by atoms with Gasteiger partial charge in [0.25, 0.3) is 0 Å². The summed E-state index contributed by atoms with van der Waals surface area (Å²) in [5, 5.41) is 3.30. The summed E-state index contributed by atoms with van der Waals surface area (Å²) in [5.41, 5.74) is 0. The number of benzene rings is 1. The average Bonchev–Trinajstić information content (AvgIpc) is 2.16. The van der Waals surface area contributed by atoms with Crippen LogP contribution in [0.2, 0.25) is 0 Å². The van der Waals surface area contributed by atoms with Crippen molar-refractivity contribution in [3.05, 3.63) is 30.3 Å². The standard InChI is InChI=1S/C12H18N2S/c1-14(11-9-13-10-11)7-8-15-12-5-3-2-4-6-12/h2-6,11,13H,7-10H2,1H3. The number of thioether (sulfide) groups is 1. The summed E-state index contributed by atoms with van der Waals surface area (Å²) in [7, 11) is 2.22. The van der Waals surface area contributed by atoms with E-state index in [1.165, 1.54) is 17.2 Å². The first-order chi connectivity index (χ1) is 7.36. The second-order valence-electron chi connectivity index (χ2n) is 3.95.